The molecule has 3 heterocycles. The molecule has 2 atom stereocenters. The highest BCUT2D eigenvalue weighted by atomic mass is 32.2. The van der Waals surface area contributed by atoms with E-state index in [1.807, 2.05) is 45.0 Å². The van der Waals surface area contributed by atoms with Crippen molar-refractivity contribution in [2.75, 3.05) is 13.7 Å². The summed E-state index contributed by atoms with van der Waals surface area (Å²) in [7, 11) is -2.29. The number of aryl methyl sites for hydroxylation is 3. The summed E-state index contributed by atoms with van der Waals surface area (Å²) in [4.78, 5) is 13.0. The molecule has 4 aromatic rings. The molecule has 11 heteroatoms. The van der Waals surface area contributed by atoms with Crippen molar-refractivity contribution in [2.24, 2.45) is 0 Å². The summed E-state index contributed by atoms with van der Waals surface area (Å²) >= 11 is 0. The molecule has 0 fully saturated rings. The van der Waals surface area contributed by atoms with Crippen molar-refractivity contribution < 1.29 is 17.9 Å². The first-order valence-electron chi connectivity index (χ1n) is 12.4. The van der Waals surface area contributed by atoms with E-state index in [2.05, 4.69) is 31.7 Å². The largest absolute Gasteiger partial charge is 0.495 e. The topological polar surface area (TPSA) is 122 Å². The number of rotatable bonds is 11. The van der Waals surface area contributed by atoms with Crippen molar-refractivity contribution in [1.29, 1.82) is 0 Å². The third-order valence-electron chi connectivity index (χ3n) is 6.28. The lowest BCUT2D eigenvalue weighted by molar-refractivity contribution is 0.0669. The highest BCUT2D eigenvalue weighted by Gasteiger charge is 2.35. The molecule has 4 rings (SSSR count). The van der Waals surface area contributed by atoms with Gasteiger partial charge in [0, 0.05) is 30.4 Å². The van der Waals surface area contributed by atoms with Crippen molar-refractivity contribution in [3.8, 4) is 22.8 Å². The van der Waals surface area contributed by atoms with Crippen LogP contribution in [-0.4, -0.2) is 57.1 Å². The van der Waals surface area contributed by atoms with Crippen LogP contribution in [-0.2, 0) is 20.3 Å². The van der Waals surface area contributed by atoms with E-state index in [4.69, 9.17) is 9.47 Å². The lowest BCUT2D eigenvalue weighted by atomic mass is 10.1. The standard InChI is InChI=1S/C28H32N6O4S/c1-7-11-38-26(27-30-14-19(3)15-31-27)21(5)39(35,36)17-24-32-33-28(22-12-18(2)13-29-16-22)34(24)25-20(4)9-8-10-23(25)37-6/h7-10,12-16,21,26H,1,11,17H2,2-6H3/t21-,26-/m0/s1. The van der Waals surface area contributed by atoms with E-state index >= 15 is 0 Å². The van der Waals surface area contributed by atoms with Crippen LogP contribution in [0.15, 0.2) is 61.7 Å². The van der Waals surface area contributed by atoms with Crippen molar-refractivity contribution in [1.82, 2.24) is 29.7 Å². The Morgan fingerprint density at radius 1 is 1.05 bits per heavy atom. The van der Waals surface area contributed by atoms with Gasteiger partial charge in [-0.05, 0) is 56.5 Å². The monoisotopic (exact) mass is 548 g/mol. The average molecular weight is 549 g/mol. The SMILES string of the molecule is C=CCO[C@H](c1ncc(C)cn1)[C@H](C)S(=O)(=O)Cc1nnc(-c2cncc(C)c2)n1-c1c(C)cccc1OC. The number of hydrogen-bond donors (Lipinski definition) is 0. The first-order valence-corrected chi connectivity index (χ1v) is 14.1. The fourth-order valence-corrected chi connectivity index (χ4v) is 5.62. The number of benzene rings is 1. The van der Waals surface area contributed by atoms with Crippen LogP contribution in [0.3, 0.4) is 0 Å². The number of sulfone groups is 1. The molecule has 0 unspecified atom stereocenters. The van der Waals surface area contributed by atoms with Crippen LogP contribution in [0.2, 0.25) is 0 Å². The number of ether oxygens (including phenoxy) is 2. The van der Waals surface area contributed by atoms with Crippen molar-refractivity contribution in [3.05, 3.63) is 90.0 Å². The maximum absolute atomic E-state index is 13.9. The van der Waals surface area contributed by atoms with Gasteiger partial charge in [0.25, 0.3) is 0 Å². The molecule has 1 aromatic carbocycles. The summed E-state index contributed by atoms with van der Waals surface area (Å²) in [5.41, 5.74) is 4.01. The zero-order valence-electron chi connectivity index (χ0n) is 22.7. The molecule has 0 amide bonds. The van der Waals surface area contributed by atoms with Crippen molar-refractivity contribution in [3.63, 3.8) is 0 Å². The van der Waals surface area contributed by atoms with Gasteiger partial charge in [-0.1, -0.05) is 18.2 Å². The van der Waals surface area contributed by atoms with Gasteiger partial charge in [-0.2, -0.15) is 0 Å². The highest BCUT2D eigenvalue weighted by molar-refractivity contribution is 7.91. The van der Waals surface area contributed by atoms with E-state index in [9.17, 15) is 8.42 Å². The molecule has 0 radical (unpaired) electrons. The van der Waals surface area contributed by atoms with Crippen LogP contribution in [0.25, 0.3) is 17.1 Å². The van der Waals surface area contributed by atoms with E-state index in [-0.39, 0.29) is 18.3 Å². The lowest BCUT2D eigenvalue weighted by Crippen LogP contribution is -2.31. The molecule has 0 saturated carbocycles. The van der Waals surface area contributed by atoms with Crippen LogP contribution in [0.4, 0.5) is 0 Å². The molecule has 0 aliphatic rings. The third kappa shape index (κ3) is 6.04. The second-order valence-corrected chi connectivity index (χ2v) is 11.7. The molecule has 0 saturated heterocycles. The van der Waals surface area contributed by atoms with Crippen molar-refractivity contribution in [2.45, 2.75) is 44.8 Å². The Morgan fingerprint density at radius 3 is 2.46 bits per heavy atom. The fourth-order valence-electron chi connectivity index (χ4n) is 4.23. The molecule has 0 bridgehead atoms. The Labute approximate surface area is 228 Å². The Kier molecular flexibility index (Phi) is 8.51. The van der Waals surface area contributed by atoms with Crippen LogP contribution in [0.1, 0.15) is 41.4 Å². The zero-order valence-corrected chi connectivity index (χ0v) is 23.5. The summed E-state index contributed by atoms with van der Waals surface area (Å²) in [6, 6.07) is 7.53. The fraction of sp³-hybridized carbons (Fsp3) is 0.321. The lowest BCUT2D eigenvalue weighted by Gasteiger charge is -2.23. The molecular formula is C28H32N6O4S. The van der Waals surface area contributed by atoms with E-state index in [0.29, 0.717) is 22.8 Å². The Bertz CT molecular complexity index is 1570. The molecular weight excluding hydrogens is 516 g/mol. The summed E-state index contributed by atoms with van der Waals surface area (Å²) in [5.74, 6) is 1.13. The molecule has 10 nitrogen and oxygen atoms in total. The van der Waals surface area contributed by atoms with Crippen LogP contribution in [0.5, 0.6) is 5.75 Å². The van der Waals surface area contributed by atoms with Gasteiger partial charge in [0.15, 0.2) is 27.3 Å². The predicted octanol–water partition coefficient (Wildman–Crippen LogP) is 4.30. The predicted molar refractivity (Wildman–Crippen MR) is 148 cm³/mol. The highest BCUT2D eigenvalue weighted by Crippen LogP contribution is 2.33. The van der Waals surface area contributed by atoms with E-state index in [1.165, 1.54) is 0 Å². The Morgan fingerprint density at radius 2 is 1.79 bits per heavy atom. The number of methoxy groups -OCH3 is 1. The van der Waals surface area contributed by atoms with Gasteiger partial charge in [-0.15, -0.1) is 16.8 Å². The second-order valence-electron chi connectivity index (χ2n) is 9.33. The minimum atomic E-state index is -3.86. The Hall–Kier alpha value is -3.96. The van der Waals surface area contributed by atoms with Gasteiger partial charge in [0.05, 0.1) is 24.7 Å². The quantitative estimate of drug-likeness (QED) is 0.252. The minimum absolute atomic E-state index is 0.142. The molecule has 0 aliphatic heterocycles. The summed E-state index contributed by atoms with van der Waals surface area (Å²) < 4.78 is 41.0. The molecule has 204 valence electrons. The molecule has 0 N–H and O–H groups in total. The van der Waals surface area contributed by atoms with Gasteiger partial charge in [-0.3, -0.25) is 9.55 Å². The van der Waals surface area contributed by atoms with E-state index in [1.54, 1.807) is 49.5 Å². The number of aromatic nitrogens is 6. The van der Waals surface area contributed by atoms with Crippen molar-refractivity contribution >= 4 is 9.84 Å². The third-order valence-corrected chi connectivity index (χ3v) is 8.32. The van der Waals surface area contributed by atoms with Crippen LogP contribution >= 0.6 is 0 Å². The Balaban J connectivity index is 1.82. The number of para-hydroxylation sites is 1. The summed E-state index contributed by atoms with van der Waals surface area (Å²) in [6.07, 6.45) is 7.34. The number of nitrogens with zero attached hydrogens (tertiary/aromatic N) is 6. The van der Waals surface area contributed by atoms with E-state index < -0.39 is 26.9 Å². The average Bonchev–Trinajstić information content (AvgIpc) is 3.31. The summed E-state index contributed by atoms with van der Waals surface area (Å²) in [6.45, 7) is 11.1. The minimum Gasteiger partial charge on any atom is -0.495 e. The molecule has 39 heavy (non-hydrogen) atoms. The second kappa shape index (κ2) is 11.8. The maximum atomic E-state index is 13.9. The molecule has 3 aromatic heterocycles. The molecule has 0 aliphatic carbocycles. The van der Waals surface area contributed by atoms with E-state index in [0.717, 1.165) is 16.7 Å². The summed E-state index contributed by atoms with van der Waals surface area (Å²) in [5, 5.41) is 7.77. The first-order chi connectivity index (χ1) is 18.7. The number of hydrogen-bond acceptors (Lipinski definition) is 9. The van der Waals surface area contributed by atoms with Gasteiger partial charge in [-0.25, -0.2) is 18.4 Å². The zero-order chi connectivity index (χ0) is 28.2. The first kappa shape index (κ1) is 28.1. The molecule has 0 spiro atoms. The van der Waals surface area contributed by atoms with Gasteiger partial charge >= 0.3 is 0 Å². The van der Waals surface area contributed by atoms with Crippen LogP contribution in [0, 0.1) is 20.8 Å². The number of pyridine rings is 1. The smallest absolute Gasteiger partial charge is 0.170 e. The van der Waals surface area contributed by atoms with Gasteiger partial charge in [0.2, 0.25) is 0 Å². The van der Waals surface area contributed by atoms with Gasteiger partial charge < -0.3 is 9.47 Å². The van der Waals surface area contributed by atoms with Crippen LogP contribution < -0.4 is 4.74 Å². The maximum Gasteiger partial charge on any atom is 0.170 e. The van der Waals surface area contributed by atoms with Gasteiger partial charge in [0.1, 0.15) is 17.6 Å². The normalized spacial score (nSPS) is 13.2.